The lowest BCUT2D eigenvalue weighted by Gasteiger charge is -2.30. The molecule has 1 atom stereocenters. The van der Waals surface area contributed by atoms with E-state index >= 15 is 0 Å². The van der Waals surface area contributed by atoms with Gasteiger partial charge in [-0.15, -0.1) is 12.4 Å². The molecule has 0 heterocycles. The summed E-state index contributed by atoms with van der Waals surface area (Å²) in [7, 11) is -6.48. The fraction of sp³-hybridized carbons (Fsp3) is 0.682. The highest BCUT2D eigenvalue weighted by molar-refractivity contribution is 7.90. The summed E-state index contributed by atoms with van der Waals surface area (Å²) in [6.07, 6.45) is 3.24. The molecule has 0 aromatic heterocycles. The summed E-state index contributed by atoms with van der Waals surface area (Å²) in [6, 6.07) is 5.43. The molecule has 0 amide bonds. The summed E-state index contributed by atoms with van der Waals surface area (Å²) < 4.78 is 52.6. The van der Waals surface area contributed by atoms with Gasteiger partial charge in [-0.1, -0.05) is 26.8 Å². The van der Waals surface area contributed by atoms with Crippen molar-refractivity contribution in [2.75, 3.05) is 55.1 Å². The highest BCUT2D eigenvalue weighted by Crippen LogP contribution is 2.33. The number of esters is 1. The molecule has 0 bridgehead atoms. The van der Waals surface area contributed by atoms with E-state index in [9.17, 15) is 21.6 Å². The van der Waals surface area contributed by atoms with Gasteiger partial charge < -0.3 is 9.64 Å². The van der Waals surface area contributed by atoms with Crippen molar-refractivity contribution in [3.63, 3.8) is 0 Å². The Morgan fingerprint density at radius 2 is 1.48 bits per heavy atom. The minimum Gasteiger partial charge on any atom is -0.426 e. The van der Waals surface area contributed by atoms with Crippen molar-refractivity contribution in [3.05, 3.63) is 23.8 Å². The zero-order valence-electron chi connectivity index (χ0n) is 20.5. The minimum atomic E-state index is -3.24. The number of carbonyl (C=O) groups is 1. The Morgan fingerprint density at radius 3 is 1.91 bits per heavy atom. The van der Waals surface area contributed by atoms with Crippen LogP contribution in [0.2, 0.25) is 0 Å². The summed E-state index contributed by atoms with van der Waals surface area (Å²) in [6.45, 7) is 10.0. The van der Waals surface area contributed by atoms with Crippen LogP contribution < -0.4 is 9.64 Å². The smallest absolute Gasteiger partial charge is 0.311 e. The maximum absolute atomic E-state index is 12.3. The molecule has 1 aromatic carbocycles. The monoisotopic (exact) mass is 526 g/mol. The molecule has 0 aliphatic rings. The van der Waals surface area contributed by atoms with Gasteiger partial charge in [-0.3, -0.25) is 9.69 Å². The number of halogens is 1. The van der Waals surface area contributed by atoms with Crippen LogP contribution in [0.1, 0.15) is 52.1 Å². The topological polar surface area (TPSA) is 101 Å². The molecule has 11 heteroatoms. The van der Waals surface area contributed by atoms with Crippen LogP contribution in [0.4, 0.5) is 5.69 Å². The summed E-state index contributed by atoms with van der Waals surface area (Å²) in [5, 5.41) is 0. The van der Waals surface area contributed by atoms with Gasteiger partial charge in [0.25, 0.3) is 0 Å². The van der Waals surface area contributed by atoms with E-state index in [0.717, 1.165) is 31.2 Å². The lowest BCUT2D eigenvalue weighted by Crippen LogP contribution is -2.33. The van der Waals surface area contributed by atoms with Gasteiger partial charge in [0.2, 0.25) is 0 Å². The van der Waals surface area contributed by atoms with E-state index < -0.39 is 19.7 Å². The van der Waals surface area contributed by atoms with Crippen LogP contribution in [-0.4, -0.2) is 77.9 Å². The van der Waals surface area contributed by atoms with Crippen LogP contribution in [0.3, 0.4) is 0 Å². The number of hydrogen-bond acceptors (Lipinski definition) is 8. The van der Waals surface area contributed by atoms with E-state index in [2.05, 4.69) is 18.7 Å². The maximum atomic E-state index is 12.3. The van der Waals surface area contributed by atoms with Crippen LogP contribution in [-0.2, 0) is 24.5 Å². The van der Waals surface area contributed by atoms with Crippen molar-refractivity contribution < 1.29 is 26.4 Å². The Balaban J connectivity index is 0.0000102. The molecule has 1 unspecified atom stereocenters. The fourth-order valence-corrected chi connectivity index (χ4v) is 4.53. The van der Waals surface area contributed by atoms with E-state index in [1.165, 1.54) is 0 Å². The Hall–Kier alpha value is -1.36. The van der Waals surface area contributed by atoms with Crippen molar-refractivity contribution in [1.29, 1.82) is 0 Å². The van der Waals surface area contributed by atoms with Crippen LogP contribution in [0.5, 0.6) is 5.75 Å². The van der Waals surface area contributed by atoms with E-state index in [4.69, 9.17) is 4.74 Å². The highest BCUT2D eigenvalue weighted by atomic mass is 35.5. The molecule has 0 aliphatic carbocycles. The molecule has 0 aliphatic heterocycles. The number of nitrogens with zero attached hydrogens (tertiary/aromatic N) is 2. The predicted octanol–water partition coefficient (Wildman–Crippen LogP) is 3.11. The number of carbonyl (C=O) groups excluding carboxylic acids is 1. The predicted molar refractivity (Wildman–Crippen MR) is 137 cm³/mol. The quantitative estimate of drug-likeness (QED) is 0.269. The van der Waals surface area contributed by atoms with Crippen LogP contribution in [0.15, 0.2) is 18.2 Å². The van der Waals surface area contributed by atoms with E-state index in [1.54, 1.807) is 11.0 Å². The van der Waals surface area contributed by atoms with Crippen LogP contribution >= 0.6 is 12.4 Å². The molecule has 192 valence electrons. The third-order valence-electron chi connectivity index (χ3n) is 5.31. The van der Waals surface area contributed by atoms with Gasteiger partial charge in [0.15, 0.2) is 0 Å². The second-order valence-electron chi connectivity index (χ2n) is 8.09. The lowest BCUT2D eigenvalue weighted by molar-refractivity contribution is -0.134. The number of ether oxygens (including phenoxy) is 1. The molecule has 1 rings (SSSR count). The molecular weight excluding hydrogens is 488 g/mol. The first kappa shape index (κ1) is 31.6. The molecule has 0 saturated heterocycles. The average molecular weight is 527 g/mol. The minimum absolute atomic E-state index is 0. The third kappa shape index (κ3) is 11.6. The van der Waals surface area contributed by atoms with Gasteiger partial charge >= 0.3 is 5.97 Å². The Morgan fingerprint density at radius 1 is 0.970 bits per heavy atom. The number of sulfone groups is 2. The van der Waals surface area contributed by atoms with Crippen molar-refractivity contribution in [2.45, 2.75) is 46.6 Å². The Labute approximate surface area is 205 Å². The molecule has 0 fully saturated rings. The van der Waals surface area contributed by atoms with Crippen molar-refractivity contribution in [3.8, 4) is 5.75 Å². The normalized spacial score (nSPS) is 12.8. The number of hydrogen-bond donors (Lipinski definition) is 0. The van der Waals surface area contributed by atoms with E-state index in [-0.39, 0.29) is 55.4 Å². The SMILES string of the molecule is CCCC(=O)Oc1cc(N(CCS(C)(=O)=O)CCS(C)(=O)=O)ccc1C(C)N(CC)CC.Cl. The maximum Gasteiger partial charge on any atom is 0.311 e. The zero-order valence-corrected chi connectivity index (χ0v) is 23.0. The molecule has 33 heavy (non-hydrogen) atoms. The van der Waals surface area contributed by atoms with Gasteiger partial charge in [0.05, 0.1) is 11.5 Å². The lowest BCUT2D eigenvalue weighted by atomic mass is 10.0. The van der Waals surface area contributed by atoms with E-state index in [1.807, 2.05) is 26.0 Å². The average Bonchev–Trinajstić information content (AvgIpc) is 2.67. The molecule has 0 spiro atoms. The molecule has 0 N–H and O–H groups in total. The van der Waals surface area contributed by atoms with Gasteiger partial charge in [-0.2, -0.15) is 0 Å². The molecular formula is C22H39ClN2O6S2. The zero-order chi connectivity index (χ0) is 24.5. The van der Waals surface area contributed by atoms with Gasteiger partial charge in [0.1, 0.15) is 25.4 Å². The van der Waals surface area contributed by atoms with Gasteiger partial charge in [0, 0.05) is 55.4 Å². The Bertz CT molecular complexity index is 927. The standard InChI is InChI=1S/C22H38N2O6S2.ClH/c1-7-10-22(25)30-21-17-19(11-12-20(21)18(4)23(8-2)9-3)24(13-15-31(5,26)27)14-16-32(6,28)29;/h11-12,17-18H,7-10,13-16H2,1-6H3;1H. The first-order valence-electron chi connectivity index (χ1n) is 11.0. The molecule has 8 nitrogen and oxygen atoms in total. The van der Waals surface area contributed by atoms with Gasteiger partial charge in [-0.05, 0) is 32.5 Å². The third-order valence-corrected chi connectivity index (χ3v) is 7.16. The van der Waals surface area contributed by atoms with Gasteiger partial charge in [-0.25, -0.2) is 16.8 Å². The molecule has 0 radical (unpaired) electrons. The summed E-state index contributed by atoms with van der Waals surface area (Å²) >= 11 is 0. The van der Waals surface area contributed by atoms with Crippen LogP contribution in [0.25, 0.3) is 0 Å². The Kier molecular flexibility index (Phi) is 13.6. The van der Waals surface area contributed by atoms with Crippen molar-refractivity contribution in [1.82, 2.24) is 4.90 Å². The summed E-state index contributed by atoms with van der Waals surface area (Å²) in [5.74, 6) is -0.140. The van der Waals surface area contributed by atoms with Crippen molar-refractivity contribution in [2.24, 2.45) is 0 Å². The van der Waals surface area contributed by atoms with Crippen LogP contribution in [0, 0.1) is 0 Å². The first-order chi connectivity index (χ1) is 14.8. The fourth-order valence-electron chi connectivity index (χ4n) is 3.42. The van der Waals surface area contributed by atoms with Crippen molar-refractivity contribution >= 4 is 43.7 Å². The second-order valence-corrected chi connectivity index (χ2v) is 12.6. The molecule has 0 saturated carbocycles. The molecule has 1 aromatic rings. The second kappa shape index (κ2) is 14.1. The highest BCUT2D eigenvalue weighted by Gasteiger charge is 2.21. The largest absolute Gasteiger partial charge is 0.426 e. The number of benzene rings is 1. The summed E-state index contributed by atoms with van der Waals surface area (Å²) in [4.78, 5) is 16.2. The first-order valence-corrected chi connectivity index (χ1v) is 15.1. The van der Waals surface area contributed by atoms with E-state index in [0.29, 0.717) is 17.9 Å². The number of rotatable bonds is 14. The summed E-state index contributed by atoms with van der Waals surface area (Å²) in [5.41, 5.74) is 1.47. The number of anilines is 1.